The summed E-state index contributed by atoms with van der Waals surface area (Å²) in [5.74, 6) is -3.67. The van der Waals surface area contributed by atoms with Crippen LogP contribution in [-0.4, -0.2) is 5.52 Å². The Balaban J connectivity index is 3.03. The molecule has 1 aromatic rings. The molecular weight excluding hydrogens is 218 g/mol. The maximum atomic E-state index is 11.1. The second-order valence-corrected chi connectivity index (χ2v) is 6.84. The summed E-state index contributed by atoms with van der Waals surface area (Å²) in [5, 5.41) is 0. The highest BCUT2D eigenvalue weighted by atomic mass is 35.9. The van der Waals surface area contributed by atoms with Crippen LogP contribution in [0.25, 0.3) is 0 Å². The molecule has 0 aliphatic rings. The van der Waals surface area contributed by atoms with Crippen molar-refractivity contribution in [2.45, 2.75) is 0 Å². The Bertz CT molecular complexity index is 331. The van der Waals surface area contributed by atoms with Gasteiger partial charge in [-0.1, -0.05) is 30.3 Å². The molecule has 0 radical (unpaired) electrons. The van der Waals surface area contributed by atoms with Crippen LogP contribution in [0.3, 0.4) is 0 Å². The van der Waals surface area contributed by atoms with E-state index in [-0.39, 0.29) is 5.56 Å². The molecule has 0 aliphatic heterocycles. The van der Waals surface area contributed by atoms with Crippen LogP contribution in [0.5, 0.6) is 0 Å². The minimum Gasteiger partial charge on any atom is -0.283 e. The van der Waals surface area contributed by atoms with E-state index in [0.29, 0.717) is 0 Å². The molecule has 0 saturated heterocycles. The highest BCUT2D eigenvalue weighted by Gasteiger charge is 2.26. The Morgan fingerprint density at radius 1 is 1.17 bits per heavy atom. The molecule has 0 atom stereocenters. The third-order valence-electron chi connectivity index (χ3n) is 1.26. The van der Waals surface area contributed by atoms with Gasteiger partial charge in [0.2, 0.25) is 0 Å². The summed E-state index contributed by atoms with van der Waals surface area (Å²) in [5.41, 5.74) is -0.447. The Morgan fingerprint density at radius 3 is 2.08 bits per heavy atom. The molecule has 0 amide bonds. The molecule has 0 aromatic heterocycles. The molecule has 0 fully saturated rings. The Hall–Kier alpha value is -0.300. The van der Waals surface area contributed by atoms with Gasteiger partial charge >= 0.3 is 5.85 Å². The van der Waals surface area contributed by atoms with E-state index in [9.17, 15) is 9.36 Å². The fourth-order valence-corrected chi connectivity index (χ4v) is 1.77. The number of benzene rings is 1. The predicted molar refractivity (Wildman–Crippen MR) is 50.1 cm³/mol. The fraction of sp³-hybridized carbons (Fsp3) is 0. The Kier molecular flexibility index (Phi) is 2.94. The van der Waals surface area contributed by atoms with Gasteiger partial charge in [-0.2, -0.15) is 0 Å². The highest BCUT2D eigenvalue weighted by Crippen LogP contribution is 2.58. The molecule has 1 aromatic carbocycles. The summed E-state index contributed by atoms with van der Waals surface area (Å²) in [4.78, 5) is 11.1. The van der Waals surface area contributed by atoms with Gasteiger partial charge in [-0.05, 0) is 22.5 Å². The van der Waals surface area contributed by atoms with Gasteiger partial charge in [-0.3, -0.25) is 9.36 Å². The van der Waals surface area contributed by atoms with E-state index in [0.717, 1.165) is 0 Å². The first-order valence-electron chi connectivity index (χ1n) is 3.11. The SMILES string of the molecule is O=C(c1ccccc1)P(=O)(Cl)Cl. The lowest BCUT2D eigenvalue weighted by molar-refractivity contribution is 0.107. The van der Waals surface area contributed by atoms with Crippen LogP contribution in [0.2, 0.25) is 0 Å². The van der Waals surface area contributed by atoms with E-state index in [1.54, 1.807) is 18.2 Å². The zero-order chi connectivity index (χ0) is 9.19. The molecule has 0 bridgehead atoms. The summed E-state index contributed by atoms with van der Waals surface area (Å²) < 4.78 is 10.9. The van der Waals surface area contributed by atoms with Crippen molar-refractivity contribution in [1.82, 2.24) is 0 Å². The van der Waals surface area contributed by atoms with Gasteiger partial charge < -0.3 is 0 Å². The van der Waals surface area contributed by atoms with Gasteiger partial charge in [0.25, 0.3) is 5.52 Å². The average molecular weight is 223 g/mol. The van der Waals surface area contributed by atoms with Gasteiger partial charge in [0, 0.05) is 5.56 Å². The standard InChI is InChI=1S/C7H5Cl2O2P/c8-12(9,11)7(10)6-4-2-1-3-5-6/h1-5H. The quantitative estimate of drug-likeness (QED) is 0.719. The molecule has 1 rings (SSSR count). The van der Waals surface area contributed by atoms with E-state index in [4.69, 9.17) is 22.5 Å². The second kappa shape index (κ2) is 3.61. The van der Waals surface area contributed by atoms with Crippen molar-refractivity contribution in [3.05, 3.63) is 35.9 Å². The third kappa shape index (κ3) is 2.34. The van der Waals surface area contributed by atoms with Crippen LogP contribution in [0, 0.1) is 0 Å². The number of halogens is 2. The molecule has 0 aliphatic carbocycles. The first kappa shape index (κ1) is 9.79. The molecule has 0 spiro atoms. The van der Waals surface area contributed by atoms with Crippen molar-refractivity contribution in [2.75, 3.05) is 0 Å². The Labute approximate surface area is 79.4 Å². The molecule has 0 saturated carbocycles. The Morgan fingerprint density at radius 2 is 1.67 bits per heavy atom. The largest absolute Gasteiger partial charge is 0.321 e. The van der Waals surface area contributed by atoms with E-state index < -0.39 is 11.4 Å². The zero-order valence-corrected chi connectivity index (χ0v) is 8.31. The van der Waals surface area contributed by atoms with E-state index in [1.807, 2.05) is 0 Å². The van der Waals surface area contributed by atoms with Gasteiger partial charge in [-0.25, -0.2) is 0 Å². The summed E-state index contributed by atoms with van der Waals surface area (Å²) in [7, 11) is 0. The summed E-state index contributed by atoms with van der Waals surface area (Å²) in [6.07, 6.45) is 0. The molecular formula is C7H5Cl2O2P. The monoisotopic (exact) mass is 222 g/mol. The van der Waals surface area contributed by atoms with Crippen LogP contribution in [0.4, 0.5) is 0 Å². The van der Waals surface area contributed by atoms with E-state index >= 15 is 0 Å². The molecule has 64 valence electrons. The van der Waals surface area contributed by atoms with E-state index in [2.05, 4.69) is 0 Å². The molecule has 5 heteroatoms. The van der Waals surface area contributed by atoms with Crippen LogP contribution in [0.1, 0.15) is 10.4 Å². The number of rotatable bonds is 2. The normalized spacial score (nSPS) is 11.2. The summed E-state index contributed by atoms with van der Waals surface area (Å²) >= 11 is 10.4. The van der Waals surface area contributed by atoms with Crippen LogP contribution >= 0.6 is 28.3 Å². The van der Waals surface area contributed by atoms with Crippen molar-refractivity contribution in [1.29, 1.82) is 0 Å². The van der Waals surface area contributed by atoms with Gasteiger partial charge in [-0.15, -0.1) is 0 Å². The minimum absolute atomic E-state index is 0.269. The van der Waals surface area contributed by atoms with Gasteiger partial charge in [0.05, 0.1) is 0 Å². The average Bonchev–Trinajstić information content (AvgIpc) is 2.03. The summed E-state index contributed by atoms with van der Waals surface area (Å²) in [6, 6.07) is 8.07. The predicted octanol–water partition coefficient (Wildman–Crippen LogP) is 3.50. The first-order valence-corrected chi connectivity index (χ1v) is 6.63. The van der Waals surface area contributed by atoms with Gasteiger partial charge in [0.1, 0.15) is 0 Å². The topological polar surface area (TPSA) is 34.1 Å². The van der Waals surface area contributed by atoms with Crippen molar-refractivity contribution in [2.24, 2.45) is 0 Å². The van der Waals surface area contributed by atoms with Crippen molar-refractivity contribution in [3.63, 3.8) is 0 Å². The summed E-state index contributed by atoms with van der Waals surface area (Å²) in [6.45, 7) is 0. The fourth-order valence-electron chi connectivity index (χ4n) is 0.731. The van der Waals surface area contributed by atoms with E-state index in [1.165, 1.54) is 12.1 Å². The van der Waals surface area contributed by atoms with Crippen LogP contribution < -0.4 is 0 Å². The van der Waals surface area contributed by atoms with Crippen LogP contribution in [0.15, 0.2) is 30.3 Å². The smallest absolute Gasteiger partial charge is 0.283 e. The molecule has 0 unspecified atom stereocenters. The third-order valence-corrected chi connectivity index (χ3v) is 2.91. The second-order valence-electron chi connectivity index (χ2n) is 2.13. The number of carbonyl (C=O) groups is 1. The number of carbonyl (C=O) groups excluding carboxylic acids is 1. The maximum Gasteiger partial charge on any atom is 0.321 e. The number of hydrogen-bond acceptors (Lipinski definition) is 2. The van der Waals surface area contributed by atoms with Crippen molar-refractivity contribution in [3.8, 4) is 0 Å². The van der Waals surface area contributed by atoms with Crippen molar-refractivity contribution < 1.29 is 9.36 Å². The lowest BCUT2D eigenvalue weighted by atomic mass is 10.2. The highest BCUT2D eigenvalue weighted by molar-refractivity contribution is 8.19. The maximum absolute atomic E-state index is 11.1. The molecule has 12 heavy (non-hydrogen) atoms. The molecule has 0 heterocycles. The molecule has 2 nitrogen and oxygen atoms in total. The van der Waals surface area contributed by atoms with Gasteiger partial charge in [0.15, 0.2) is 0 Å². The number of hydrogen-bond donors (Lipinski definition) is 0. The minimum atomic E-state index is -3.67. The zero-order valence-electron chi connectivity index (χ0n) is 5.91. The van der Waals surface area contributed by atoms with Crippen molar-refractivity contribution >= 4 is 33.9 Å². The molecule has 0 N–H and O–H groups in total. The lowest BCUT2D eigenvalue weighted by Crippen LogP contribution is -1.92. The van der Waals surface area contributed by atoms with Crippen LogP contribution in [-0.2, 0) is 4.57 Å². The lowest BCUT2D eigenvalue weighted by Gasteiger charge is -1.99. The first-order chi connectivity index (χ1) is 5.52.